The molecule has 1 aliphatic heterocycles. The summed E-state index contributed by atoms with van der Waals surface area (Å²) in [7, 11) is 1.84. The van der Waals surface area contributed by atoms with Gasteiger partial charge in [0, 0.05) is 31.7 Å². The summed E-state index contributed by atoms with van der Waals surface area (Å²) in [4.78, 5) is 15.5. The Morgan fingerprint density at radius 1 is 1.25 bits per heavy atom. The molecule has 0 saturated heterocycles. The Balaban J connectivity index is 1.56. The number of nitrogens with zero attached hydrogens (tertiary/aromatic N) is 5. The van der Waals surface area contributed by atoms with Crippen LogP contribution >= 0.6 is 0 Å². The highest BCUT2D eigenvalue weighted by atomic mass is 16.3. The third-order valence-electron chi connectivity index (χ3n) is 5.99. The minimum Gasteiger partial charge on any atom is -0.508 e. The van der Waals surface area contributed by atoms with Crippen LogP contribution in [0.3, 0.4) is 0 Å². The van der Waals surface area contributed by atoms with Gasteiger partial charge in [0.15, 0.2) is 5.82 Å². The van der Waals surface area contributed by atoms with E-state index in [1.165, 1.54) is 5.56 Å². The first kappa shape index (κ1) is 17.0. The highest BCUT2D eigenvalue weighted by Crippen LogP contribution is 2.53. The third-order valence-corrected chi connectivity index (χ3v) is 5.99. The Kier molecular flexibility index (Phi) is 3.47. The maximum atomic E-state index is 13.6. The summed E-state index contributed by atoms with van der Waals surface area (Å²) in [5.41, 5.74) is 4.64. The van der Waals surface area contributed by atoms with Crippen molar-refractivity contribution in [1.29, 1.82) is 0 Å². The standard InChI is InChI=1S/C21H23N5O2/c1-13-9-22-26(10-13)19-18(14(2)23-24(19)3)20(28)25-11-15-4-5-16(27)8-17(15)21(12-25)6-7-21/h4-5,8-10,27H,6-7,11-12H2,1-3H3. The topological polar surface area (TPSA) is 76.2 Å². The zero-order chi connectivity index (χ0) is 19.6. The van der Waals surface area contributed by atoms with Crippen LogP contribution in [-0.4, -0.2) is 42.0 Å². The van der Waals surface area contributed by atoms with E-state index in [1.54, 1.807) is 21.6 Å². The molecule has 0 bridgehead atoms. The predicted octanol–water partition coefficient (Wildman–Crippen LogP) is 2.62. The molecule has 1 amide bonds. The molecule has 7 heteroatoms. The second kappa shape index (κ2) is 5.70. The van der Waals surface area contributed by atoms with Crippen molar-refractivity contribution in [3.63, 3.8) is 0 Å². The zero-order valence-electron chi connectivity index (χ0n) is 16.3. The van der Waals surface area contributed by atoms with Gasteiger partial charge in [-0.3, -0.25) is 4.79 Å². The molecule has 0 radical (unpaired) electrons. The van der Waals surface area contributed by atoms with Gasteiger partial charge in [-0.05, 0) is 55.5 Å². The average molecular weight is 377 g/mol. The summed E-state index contributed by atoms with van der Waals surface area (Å²) in [6.45, 7) is 5.06. The lowest BCUT2D eigenvalue weighted by Crippen LogP contribution is -2.42. The molecule has 1 aliphatic carbocycles. The first-order chi connectivity index (χ1) is 13.4. The van der Waals surface area contributed by atoms with Crippen LogP contribution in [0, 0.1) is 13.8 Å². The molecule has 28 heavy (non-hydrogen) atoms. The summed E-state index contributed by atoms with van der Waals surface area (Å²) < 4.78 is 3.45. The van der Waals surface area contributed by atoms with Gasteiger partial charge in [0.25, 0.3) is 5.91 Å². The van der Waals surface area contributed by atoms with Crippen molar-refractivity contribution in [3.05, 3.63) is 58.5 Å². The Bertz CT molecular complexity index is 1110. The quantitative estimate of drug-likeness (QED) is 0.745. The molecule has 7 nitrogen and oxygen atoms in total. The van der Waals surface area contributed by atoms with Crippen molar-refractivity contribution >= 4 is 5.91 Å². The number of carbonyl (C=O) groups excluding carboxylic acids is 1. The lowest BCUT2D eigenvalue weighted by Gasteiger charge is -2.35. The van der Waals surface area contributed by atoms with E-state index in [0.29, 0.717) is 35.9 Å². The van der Waals surface area contributed by atoms with Gasteiger partial charge < -0.3 is 10.0 Å². The van der Waals surface area contributed by atoms with Crippen LogP contribution in [0.4, 0.5) is 0 Å². The zero-order valence-corrected chi connectivity index (χ0v) is 16.3. The van der Waals surface area contributed by atoms with Crippen LogP contribution in [-0.2, 0) is 19.0 Å². The number of phenols is 1. The number of aryl methyl sites for hydroxylation is 3. The Labute approximate surface area is 163 Å². The van der Waals surface area contributed by atoms with E-state index in [2.05, 4.69) is 10.2 Å². The molecule has 1 fully saturated rings. The third kappa shape index (κ3) is 2.46. The molecule has 3 aromatic rings. The SMILES string of the molecule is Cc1cnn(-c2c(C(=O)N3Cc4ccc(O)cc4C4(CC4)C3)c(C)nn2C)c1. The summed E-state index contributed by atoms with van der Waals surface area (Å²) in [5, 5.41) is 18.8. The molecule has 144 valence electrons. The number of hydrogen-bond acceptors (Lipinski definition) is 4. The van der Waals surface area contributed by atoms with Gasteiger partial charge >= 0.3 is 0 Å². The predicted molar refractivity (Wildman–Crippen MR) is 104 cm³/mol. The molecule has 5 rings (SSSR count). The minimum atomic E-state index is -0.0150. The maximum absolute atomic E-state index is 13.6. The Morgan fingerprint density at radius 3 is 2.71 bits per heavy atom. The molecule has 0 unspecified atom stereocenters. The highest BCUT2D eigenvalue weighted by molar-refractivity contribution is 5.98. The largest absolute Gasteiger partial charge is 0.508 e. The van der Waals surface area contributed by atoms with E-state index in [4.69, 9.17) is 0 Å². The first-order valence-electron chi connectivity index (χ1n) is 9.55. The molecule has 1 spiro atoms. The number of aromatic nitrogens is 4. The number of benzene rings is 1. The first-order valence-corrected chi connectivity index (χ1v) is 9.55. The lowest BCUT2D eigenvalue weighted by atomic mass is 9.86. The highest BCUT2D eigenvalue weighted by Gasteiger charge is 2.50. The summed E-state index contributed by atoms with van der Waals surface area (Å²) >= 11 is 0. The summed E-state index contributed by atoms with van der Waals surface area (Å²) in [5.74, 6) is 0.972. The fourth-order valence-electron chi connectivity index (χ4n) is 4.48. The number of carbonyl (C=O) groups is 1. The van der Waals surface area contributed by atoms with Crippen molar-refractivity contribution < 1.29 is 9.90 Å². The van der Waals surface area contributed by atoms with E-state index < -0.39 is 0 Å². The van der Waals surface area contributed by atoms with Crippen LogP contribution in [0.5, 0.6) is 5.75 Å². The van der Waals surface area contributed by atoms with Gasteiger partial charge in [-0.2, -0.15) is 10.2 Å². The second-order valence-electron chi connectivity index (χ2n) is 8.15. The van der Waals surface area contributed by atoms with Gasteiger partial charge in [0.05, 0.1) is 11.9 Å². The van der Waals surface area contributed by atoms with Gasteiger partial charge in [0.1, 0.15) is 11.3 Å². The van der Waals surface area contributed by atoms with Crippen molar-refractivity contribution in [1.82, 2.24) is 24.5 Å². The van der Waals surface area contributed by atoms with Crippen LogP contribution in [0.15, 0.2) is 30.6 Å². The van der Waals surface area contributed by atoms with E-state index in [1.807, 2.05) is 44.1 Å². The summed E-state index contributed by atoms with van der Waals surface area (Å²) in [6, 6.07) is 5.52. The number of hydrogen-bond donors (Lipinski definition) is 1. The lowest BCUT2D eigenvalue weighted by molar-refractivity contribution is 0.0708. The monoisotopic (exact) mass is 377 g/mol. The number of fused-ring (bicyclic) bond motifs is 2. The molecule has 1 N–H and O–H groups in total. The maximum Gasteiger partial charge on any atom is 0.259 e. The van der Waals surface area contributed by atoms with Crippen LogP contribution < -0.4 is 0 Å². The number of phenolic OH excluding ortho intramolecular Hbond substituents is 1. The van der Waals surface area contributed by atoms with Gasteiger partial charge in [0.2, 0.25) is 0 Å². The minimum absolute atomic E-state index is 0.0133. The fourth-order valence-corrected chi connectivity index (χ4v) is 4.48. The molecule has 3 heterocycles. The fraction of sp³-hybridized carbons (Fsp3) is 0.381. The smallest absolute Gasteiger partial charge is 0.259 e. The number of aromatic hydroxyl groups is 1. The second-order valence-corrected chi connectivity index (χ2v) is 8.15. The van der Waals surface area contributed by atoms with Crippen molar-refractivity contribution in [3.8, 4) is 11.6 Å². The van der Waals surface area contributed by atoms with E-state index in [9.17, 15) is 9.90 Å². The molecular formula is C21H23N5O2. The summed E-state index contributed by atoms with van der Waals surface area (Å²) in [6.07, 6.45) is 5.78. The van der Waals surface area contributed by atoms with Crippen LogP contribution in [0.25, 0.3) is 5.82 Å². The van der Waals surface area contributed by atoms with E-state index >= 15 is 0 Å². The molecule has 1 aromatic carbocycles. The van der Waals surface area contributed by atoms with Gasteiger partial charge in [-0.1, -0.05) is 6.07 Å². The van der Waals surface area contributed by atoms with E-state index in [-0.39, 0.29) is 11.3 Å². The van der Waals surface area contributed by atoms with Crippen LogP contribution in [0.1, 0.15) is 45.6 Å². The molecule has 2 aliphatic rings. The molecule has 0 atom stereocenters. The van der Waals surface area contributed by atoms with Gasteiger partial charge in [-0.25, -0.2) is 9.36 Å². The van der Waals surface area contributed by atoms with Crippen LogP contribution in [0.2, 0.25) is 0 Å². The van der Waals surface area contributed by atoms with Gasteiger partial charge in [-0.15, -0.1) is 0 Å². The number of rotatable bonds is 2. The van der Waals surface area contributed by atoms with Crippen molar-refractivity contribution in [2.24, 2.45) is 7.05 Å². The molecular weight excluding hydrogens is 354 g/mol. The van der Waals surface area contributed by atoms with E-state index in [0.717, 1.165) is 24.0 Å². The average Bonchev–Trinajstić information content (AvgIpc) is 3.18. The Morgan fingerprint density at radius 2 is 2.04 bits per heavy atom. The Hall–Kier alpha value is -3.09. The van der Waals surface area contributed by atoms with Crippen molar-refractivity contribution in [2.75, 3.05) is 6.54 Å². The number of amides is 1. The normalized spacial score (nSPS) is 17.0. The molecule has 1 saturated carbocycles. The molecule has 2 aromatic heterocycles. The van der Waals surface area contributed by atoms with Crippen molar-refractivity contribution in [2.45, 2.75) is 38.6 Å².